The van der Waals surface area contributed by atoms with Crippen LogP contribution in [0.5, 0.6) is 5.75 Å². The molecule has 24 heavy (non-hydrogen) atoms. The average Bonchev–Trinajstić information content (AvgIpc) is 3.15. The van der Waals surface area contributed by atoms with Gasteiger partial charge in [0.1, 0.15) is 5.75 Å². The van der Waals surface area contributed by atoms with Gasteiger partial charge in [-0.25, -0.2) is 0 Å². The Hall–Kier alpha value is -1.63. The molecule has 2 fully saturated rings. The maximum atomic E-state index is 12.2. The Morgan fingerprint density at radius 2 is 1.96 bits per heavy atom. The smallest absolute Gasteiger partial charge is 0.225 e. The molecule has 0 unspecified atom stereocenters. The van der Waals surface area contributed by atoms with Crippen LogP contribution in [0.25, 0.3) is 0 Å². The van der Waals surface area contributed by atoms with Crippen LogP contribution in [-0.4, -0.2) is 57.1 Å². The van der Waals surface area contributed by atoms with E-state index >= 15 is 0 Å². The molecule has 132 valence electrons. The average molecular weight is 334 g/mol. The normalized spacial score (nSPS) is 20.2. The number of ether oxygens (including phenoxy) is 3. The van der Waals surface area contributed by atoms with Crippen LogP contribution in [0.4, 0.5) is 5.69 Å². The fourth-order valence-corrected chi connectivity index (χ4v) is 3.32. The number of nitrogens with zero attached hydrogens (tertiary/aromatic N) is 1. The predicted molar refractivity (Wildman–Crippen MR) is 91.1 cm³/mol. The highest BCUT2D eigenvalue weighted by Gasteiger charge is 2.30. The number of piperidine rings is 1. The number of carbonyl (C=O) groups excluding carboxylic acids is 1. The van der Waals surface area contributed by atoms with Gasteiger partial charge in [0.2, 0.25) is 5.91 Å². The minimum atomic E-state index is -0.0130. The molecular formula is C18H26N2O4. The van der Waals surface area contributed by atoms with Crippen molar-refractivity contribution in [2.75, 3.05) is 45.3 Å². The second kappa shape index (κ2) is 8.46. The number of methoxy groups -OCH3 is 1. The van der Waals surface area contributed by atoms with Crippen molar-refractivity contribution >= 4 is 11.6 Å². The maximum Gasteiger partial charge on any atom is 0.225 e. The molecule has 0 atom stereocenters. The first-order chi connectivity index (χ1) is 11.8. The van der Waals surface area contributed by atoms with Crippen molar-refractivity contribution in [3.63, 3.8) is 0 Å². The van der Waals surface area contributed by atoms with Gasteiger partial charge in [-0.15, -0.1) is 0 Å². The summed E-state index contributed by atoms with van der Waals surface area (Å²) < 4.78 is 16.4. The molecule has 1 N–H and O–H groups in total. The van der Waals surface area contributed by atoms with Crippen LogP contribution in [0.2, 0.25) is 0 Å². The topological polar surface area (TPSA) is 60.0 Å². The van der Waals surface area contributed by atoms with E-state index in [1.807, 2.05) is 24.3 Å². The molecule has 0 saturated carbocycles. The van der Waals surface area contributed by atoms with Crippen molar-refractivity contribution in [1.29, 1.82) is 0 Å². The van der Waals surface area contributed by atoms with E-state index in [4.69, 9.17) is 14.2 Å². The molecule has 6 nitrogen and oxygen atoms in total. The summed E-state index contributed by atoms with van der Waals surface area (Å²) in [4.78, 5) is 14.5. The highest BCUT2D eigenvalue weighted by Crippen LogP contribution is 2.26. The maximum absolute atomic E-state index is 12.2. The Labute approximate surface area is 143 Å². The lowest BCUT2D eigenvalue weighted by Gasteiger charge is -2.33. The number of carbonyl (C=O) groups is 1. The van der Waals surface area contributed by atoms with Crippen molar-refractivity contribution in [2.45, 2.75) is 25.6 Å². The van der Waals surface area contributed by atoms with Crippen molar-refractivity contribution in [3.8, 4) is 5.75 Å². The molecule has 1 amide bonds. The molecule has 0 aliphatic carbocycles. The molecule has 6 heteroatoms. The highest BCUT2D eigenvalue weighted by atomic mass is 16.7. The fourth-order valence-electron chi connectivity index (χ4n) is 3.32. The molecule has 1 aromatic rings. The van der Waals surface area contributed by atoms with Crippen LogP contribution in [-0.2, 0) is 14.3 Å². The number of para-hydroxylation sites is 2. The van der Waals surface area contributed by atoms with Crippen molar-refractivity contribution in [1.82, 2.24) is 4.90 Å². The monoisotopic (exact) mass is 334 g/mol. The summed E-state index contributed by atoms with van der Waals surface area (Å²) in [7, 11) is 1.60. The molecule has 0 spiro atoms. The Kier molecular flexibility index (Phi) is 6.07. The zero-order chi connectivity index (χ0) is 16.8. The molecule has 0 bridgehead atoms. The molecule has 2 aliphatic heterocycles. The van der Waals surface area contributed by atoms with Crippen molar-refractivity contribution in [2.24, 2.45) is 5.92 Å². The minimum Gasteiger partial charge on any atom is -0.495 e. The van der Waals surface area contributed by atoms with Gasteiger partial charge < -0.3 is 24.4 Å². The van der Waals surface area contributed by atoms with Gasteiger partial charge in [0.25, 0.3) is 0 Å². The lowest BCUT2D eigenvalue weighted by atomic mass is 9.96. The van der Waals surface area contributed by atoms with E-state index in [9.17, 15) is 4.79 Å². The van der Waals surface area contributed by atoms with Crippen molar-refractivity contribution < 1.29 is 19.0 Å². The van der Waals surface area contributed by atoms with E-state index in [0.29, 0.717) is 31.3 Å². The summed E-state index contributed by atoms with van der Waals surface area (Å²) in [5.74, 6) is 1.19. The van der Waals surface area contributed by atoms with Crippen molar-refractivity contribution in [3.05, 3.63) is 24.3 Å². The second-order valence-corrected chi connectivity index (χ2v) is 6.29. The summed E-state index contributed by atoms with van der Waals surface area (Å²) in [6, 6.07) is 7.46. The van der Waals surface area contributed by atoms with E-state index in [1.54, 1.807) is 7.11 Å². The first kappa shape index (κ1) is 17.2. The Morgan fingerprint density at radius 1 is 1.25 bits per heavy atom. The molecule has 0 aromatic heterocycles. The minimum absolute atomic E-state index is 0.0130. The quantitative estimate of drug-likeness (QED) is 0.863. The van der Waals surface area contributed by atoms with Crippen LogP contribution < -0.4 is 10.1 Å². The van der Waals surface area contributed by atoms with Gasteiger partial charge in [0.05, 0.1) is 26.0 Å². The molecule has 3 rings (SSSR count). The Balaban J connectivity index is 1.39. The van der Waals surface area contributed by atoms with Crippen LogP contribution in [0.3, 0.4) is 0 Å². The third-order valence-electron chi connectivity index (χ3n) is 4.70. The first-order valence-electron chi connectivity index (χ1n) is 8.64. The molecular weight excluding hydrogens is 308 g/mol. The number of hydrogen-bond donors (Lipinski definition) is 1. The van der Waals surface area contributed by atoms with Gasteiger partial charge in [0.15, 0.2) is 6.29 Å². The van der Waals surface area contributed by atoms with Gasteiger partial charge >= 0.3 is 0 Å². The van der Waals surface area contributed by atoms with Gasteiger partial charge in [-0.05, 0) is 38.1 Å². The summed E-state index contributed by atoms with van der Waals surface area (Å²) in [6.45, 7) is 4.20. The predicted octanol–water partition coefficient (Wildman–Crippen LogP) is 2.11. The fraction of sp³-hybridized carbons (Fsp3) is 0.611. The van der Waals surface area contributed by atoms with Crippen LogP contribution in [0.1, 0.15) is 19.3 Å². The Bertz CT molecular complexity index is 538. The zero-order valence-electron chi connectivity index (χ0n) is 14.2. The number of hydrogen-bond acceptors (Lipinski definition) is 5. The number of nitrogens with one attached hydrogen (secondary N) is 1. The molecule has 1 aromatic carbocycles. The van der Waals surface area contributed by atoms with Gasteiger partial charge in [-0.2, -0.15) is 0 Å². The van der Waals surface area contributed by atoms with Crippen LogP contribution >= 0.6 is 0 Å². The van der Waals surface area contributed by atoms with E-state index in [-0.39, 0.29) is 12.2 Å². The van der Waals surface area contributed by atoms with E-state index in [1.165, 1.54) is 0 Å². The summed E-state index contributed by atoms with van der Waals surface area (Å²) >= 11 is 0. The van der Waals surface area contributed by atoms with Crippen LogP contribution in [0, 0.1) is 5.92 Å². The first-order valence-corrected chi connectivity index (χ1v) is 8.64. The highest BCUT2D eigenvalue weighted by molar-refractivity contribution is 5.92. The van der Waals surface area contributed by atoms with Gasteiger partial charge in [0, 0.05) is 18.9 Å². The molecule has 0 radical (unpaired) electrons. The van der Waals surface area contributed by atoms with E-state index in [0.717, 1.165) is 38.2 Å². The molecule has 2 aliphatic rings. The largest absolute Gasteiger partial charge is 0.495 e. The lowest BCUT2D eigenvalue weighted by Crippen LogP contribution is -2.39. The zero-order valence-corrected chi connectivity index (χ0v) is 14.2. The number of anilines is 1. The number of likely N-dealkylation sites (tertiary alicyclic amines) is 1. The van der Waals surface area contributed by atoms with E-state index < -0.39 is 0 Å². The summed E-state index contributed by atoms with van der Waals surface area (Å²) in [5.41, 5.74) is 0.722. The lowest BCUT2D eigenvalue weighted by molar-refractivity contribution is -0.117. The van der Waals surface area contributed by atoms with E-state index in [2.05, 4.69) is 10.2 Å². The summed E-state index contributed by atoms with van der Waals surface area (Å²) in [5, 5.41) is 2.92. The molecule has 2 saturated heterocycles. The van der Waals surface area contributed by atoms with Crippen LogP contribution in [0.15, 0.2) is 24.3 Å². The van der Waals surface area contributed by atoms with Gasteiger partial charge in [-0.3, -0.25) is 4.79 Å². The number of benzene rings is 1. The standard InChI is InChI=1S/C18H26N2O4/c1-22-16-5-3-2-4-15(16)19-17(21)8-11-20-9-6-14(7-10-20)18-23-12-13-24-18/h2-5,14,18H,6-13H2,1H3,(H,19,21). The Morgan fingerprint density at radius 3 is 2.67 bits per heavy atom. The molecule has 2 heterocycles. The third kappa shape index (κ3) is 4.47. The SMILES string of the molecule is COc1ccccc1NC(=O)CCN1CCC(C2OCCO2)CC1. The number of rotatable bonds is 6. The second-order valence-electron chi connectivity index (χ2n) is 6.29. The van der Waals surface area contributed by atoms with Gasteiger partial charge in [-0.1, -0.05) is 12.1 Å². The number of amides is 1. The third-order valence-corrected chi connectivity index (χ3v) is 4.70. The summed E-state index contributed by atoms with van der Waals surface area (Å²) in [6.07, 6.45) is 2.61.